The molecule has 3 aromatic rings. The quantitative estimate of drug-likeness (QED) is 0.620. The topological polar surface area (TPSA) is 30.2 Å². The Morgan fingerprint density at radius 2 is 2.00 bits per heavy atom. The minimum absolute atomic E-state index is 0.0160. The number of carbonyl (C=O) groups excluding carboxylic acids is 1. The lowest BCUT2D eigenvalue weighted by atomic mass is 10.1. The van der Waals surface area contributed by atoms with E-state index in [0.29, 0.717) is 15.6 Å². The van der Waals surface area contributed by atoms with E-state index in [9.17, 15) is 9.18 Å². The first-order valence-electron chi connectivity index (χ1n) is 6.50. The van der Waals surface area contributed by atoms with Crippen molar-refractivity contribution in [2.24, 2.45) is 0 Å². The molecule has 21 heavy (non-hydrogen) atoms. The van der Waals surface area contributed by atoms with Crippen LogP contribution in [0.5, 0.6) is 0 Å². The van der Waals surface area contributed by atoms with E-state index < -0.39 is 5.82 Å². The van der Waals surface area contributed by atoms with Crippen LogP contribution in [0.15, 0.2) is 51.4 Å². The van der Waals surface area contributed by atoms with Gasteiger partial charge in [0.05, 0.1) is 0 Å². The first-order chi connectivity index (χ1) is 10.0. The minimum Gasteiger partial charge on any atom is -0.453 e. The molecular formula is C17H12BrFO2. The standard InChI is InChI=1S/C17H12BrFO2/c1-10-2-5-16-12(6-10)8-17(21-16)15(20)7-11-3-4-13(18)9-14(11)19/h2-6,8-9H,7H2,1H3. The van der Waals surface area contributed by atoms with Crippen LogP contribution in [0.25, 0.3) is 11.0 Å². The normalized spacial score (nSPS) is 11.0. The molecule has 1 aromatic heterocycles. The maximum absolute atomic E-state index is 13.8. The maximum atomic E-state index is 13.8. The summed E-state index contributed by atoms with van der Waals surface area (Å²) in [4.78, 5) is 12.2. The van der Waals surface area contributed by atoms with Crippen molar-refractivity contribution >= 4 is 32.7 Å². The smallest absolute Gasteiger partial charge is 0.202 e. The number of benzene rings is 2. The summed E-state index contributed by atoms with van der Waals surface area (Å²) in [5.41, 5.74) is 2.13. The highest BCUT2D eigenvalue weighted by atomic mass is 79.9. The maximum Gasteiger partial charge on any atom is 0.202 e. The molecule has 2 aromatic carbocycles. The number of furan rings is 1. The largest absolute Gasteiger partial charge is 0.453 e. The van der Waals surface area contributed by atoms with Gasteiger partial charge in [-0.1, -0.05) is 33.6 Å². The lowest BCUT2D eigenvalue weighted by Crippen LogP contribution is -2.03. The Bertz CT molecular complexity index is 836. The second-order valence-electron chi connectivity index (χ2n) is 4.99. The second kappa shape index (κ2) is 5.45. The first-order valence-corrected chi connectivity index (χ1v) is 7.29. The predicted octanol–water partition coefficient (Wildman–Crippen LogP) is 5.07. The van der Waals surface area contributed by atoms with Crippen molar-refractivity contribution in [2.75, 3.05) is 0 Å². The van der Waals surface area contributed by atoms with Gasteiger partial charge in [0.2, 0.25) is 5.78 Å². The fourth-order valence-electron chi connectivity index (χ4n) is 2.23. The average molecular weight is 347 g/mol. The SMILES string of the molecule is Cc1ccc2oc(C(=O)Cc3ccc(Br)cc3F)cc2c1. The first kappa shape index (κ1) is 14.0. The third-order valence-electron chi connectivity index (χ3n) is 3.31. The second-order valence-corrected chi connectivity index (χ2v) is 5.90. The molecule has 0 atom stereocenters. The van der Waals surface area contributed by atoms with Gasteiger partial charge in [-0.2, -0.15) is 0 Å². The number of ketones is 1. The summed E-state index contributed by atoms with van der Waals surface area (Å²) in [6.45, 7) is 1.98. The van der Waals surface area contributed by atoms with Gasteiger partial charge in [-0.3, -0.25) is 4.79 Å². The molecule has 0 saturated heterocycles. The van der Waals surface area contributed by atoms with Crippen molar-refractivity contribution < 1.29 is 13.6 Å². The summed E-state index contributed by atoms with van der Waals surface area (Å²) < 4.78 is 20.0. The minimum atomic E-state index is -0.398. The van der Waals surface area contributed by atoms with Crippen LogP contribution in [0.3, 0.4) is 0 Å². The number of carbonyl (C=O) groups is 1. The van der Waals surface area contributed by atoms with Gasteiger partial charge in [0.25, 0.3) is 0 Å². The number of fused-ring (bicyclic) bond motifs is 1. The Kier molecular flexibility index (Phi) is 3.64. The summed E-state index contributed by atoms with van der Waals surface area (Å²) in [5, 5.41) is 0.884. The van der Waals surface area contributed by atoms with Gasteiger partial charge in [-0.15, -0.1) is 0 Å². The number of rotatable bonds is 3. The lowest BCUT2D eigenvalue weighted by molar-refractivity contribution is 0.0967. The van der Waals surface area contributed by atoms with Crippen LogP contribution in [-0.2, 0) is 6.42 Å². The molecule has 0 bridgehead atoms. The molecule has 0 unspecified atom stereocenters. The van der Waals surface area contributed by atoms with Gasteiger partial charge in [0, 0.05) is 16.3 Å². The molecule has 0 saturated carbocycles. The Balaban J connectivity index is 1.89. The number of halogens is 2. The number of hydrogen-bond acceptors (Lipinski definition) is 2. The molecule has 0 radical (unpaired) electrons. The number of aryl methyl sites for hydroxylation is 1. The molecule has 0 N–H and O–H groups in total. The molecule has 4 heteroatoms. The zero-order valence-corrected chi connectivity index (χ0v) is 12.9. The van der Waals surface area contributed by atoms with Crippen LogP contribution in [0.2, 0.25) is 0 Å². The molecule has 3 rings (SSSR count). The highest BCUT2D eigenvalue weighted by Crippen LogP contribution is 2.23. The summed E-state index contributed by atoms with van der Waals surface area (Å²) in [7, 11) is 0. The number of Topliss-reactive ketones (excluding diaryl/α,β-unsaturated/α-hetero) is 1. The van der Waals surface area contributed by atoms with E-state index in [0.717, 1.165) is 10.9 Å². The van der Waals surface area contributed by atoms with Crippen molar-refractivity contribution in [1.82, 2.24) is 0 Å². The van der Waals surface area contributed by atoms with Crippen LogP contribution < -0.4 is 0 Å². The van der Waals surface area contributed by atoms with Crippen molar-refractivity contribution in [3.8, 4) is 0 Å². The molecule has 2 nitrogen and oxygen atoms in total. The van der Waals surface area contributed by atoms with E-state index in [1.165, 1.54) is 6.07 Å². The van der Waals surface area contributed by atoms with Crippen molar-refractivity contribution in [3.63, 3.8) is 0 Å². The monoisotopic (exact) mass is 346 g/mol. The summed E-state index contributed by atoms with van der Waals surface area (Å²) in [6, 6.07) is 12.1. The van der Waals surface area contributed by atoms with Gasteiger partial charge in [0.1, 0.15) is 11.4 Å². The van der Waals surface area contributed by atoms with Gasteiger partial charge in [-0.05, 0) is 42.8 Å². The van der Waals surface area contributed by atoms with E-state index in [1.54, 1.807) is 18.2 Å². The summed E-state index contributed by atoms with van der Waals surface area (Å²) >= 11 is 3.19. The van der Waals surface area contributed by atoms with Gasteiger partial charge >= 0.3 is 0 Å². The molecule has 0 amide bonds. The van der Waals surface area contributed by atoms with Crippen LogP contribution >= 0.6 is 15.9 Å². The molecule has 106 valence electrons. The predicted molar refractivity (Wildman–Crippen MR) is 83.1 cm³/mol. The molecule has 0 fully saturated rings. The fourth-order valence-corrected chi connectivity index (χ4v) is 2.56. The Labute approximate surface area is 129 Å². The highest BCUT2D eigenvalue weighted by molar-refractivity contribution is 9.10. The third kappa shape index (κ3) is 2.90. The Hall–Kier alpha value is -1.94. The molecule has 0 aliphatic carbocycles. The molecule has 0 aliphatic heterocycles. The molecule has 1 heterocycles. The Morgan fingerprint density at radius 1 is 1.19 bits per heavy atom. The zero-order chi connectivity index (χ0) is 15.0. The van der Waals surface area contributed by atoms with E-state index in [2.05, 4.69) is 15.9 Å². The van der Waals surface area contributed by atoms with Gasteiger partial charge in [-0.25, -0.2) is 4.39 Å². The van der Waals surface area contributed by atoms with Crippen molar-refractivity contribution in [1.29, 1.82) is 0 Å². The van der Waals surface area contributed by atoms with Crippen molar-refractivity contribution in [3.05, 3.63) is 69.6 Å². The van der Waals surface area contributed by atoms with E-state index in [1.807, 2.05) is 25.1 Å². The molecule has 0 aliphatic rings. The fraction of sp³-hybridized carbons (Fsp3) is 0.118. The molecular weight excluding hydrogens is 335 g/mol. The van der Waals surface area contributed by atoms with Crippen molar-refractivity contribution in [2.45, 2.75) is 13.3 Å². The Morgan fingerprint density at radius 3 is 2.76 bits per heavy atom. The van der Waals surface area contributed by atoms with E-state index >= 15 is 0 Å². The summed E-state index contributed by atoms with van der Waals surface area (Å²) in [6.07, 6.45) is -0.0160. The lowest BCUT2D eigenvalue weighted by Gasteiger charge is -2.01. The van der Waals surface area contributed by atoms with Crippen LogP contribution in [0.1, 0.15) is 21.7 Å². The third-order valence-corrected chi connectivity index (χ3v) is 3.81. The van der Waals surface area contributed by atoms with Crippen LogP contribution in [0, 0.1) is 12.7 Å². The number of hydrogen-bond donors (Lipinski definition) is 0. The van der Waals surface area contributed by atoms with E-state index in [4.69, 9.17) is 4.42 Å². The summed E-state index contributed by atoms with van der Waals surface area (Å²) in [5.74, 6) is -0.368. The van der Waals surface area contributed by atoms with Gasteiger partial charge < -0.3 is 4.42 Å². The van der Waals surface area contributed by atoms with Crippen LogP contribution in [0.4, 0.5) is 4.39 Å². The van der Waals surface area contributed by atoms with Crippen LogP contribution in [-0.4, -0.2) is 5.78 Å². The zero-order valence-electron chi connectivity index (χ0n) is 11.3. The molecule has 0 spiro atoms. The van der Waals surface area contributed by atoms with Gasteiger partial charge in [0.15, 0.2) is 5.76 Å². The average Bonchev–Trinajstić information content (AvgIpc) is 2.85. The van der Waals surface area contributed by atoms with E-state index in [-0.39, 0.29) is 18.0 Å². The highest BCUT2D eigenvalue weighted by Gasteiger charge is 2.15.